The minimum Gasteiger partial charge on any atom is -0.452 e. The molecule has 0 saturated carbocycles. The third-order valence-corrected chi connectivity index (χ3v) is 5.70. The Morgan fingerprint density at radius 2 is 1.72 bits per heavy atom. The molecular formula is C20H23FN2O5S. The molecule has 2 N–H and O–H groups in total. The zero-order chi connectivity index (χ0) is 21.8. The van der Waals surface area contributed by atoms with Gasteiger partial charge in [-0.2, -0.15) is 4.72 Å². The smallest absolute Gasteiger partial charge is 0.321 e. The van der Waals surface area contributed by atoms with Crippen LogP contribution in [0.1, 0.15) is 23.6 Å². The van der Waals surface area contributed by atoms with Crippen molar-refractivity contribution in [2.45, 2.75) is 38.7 Å². The highest BCUT2D eigenvalue weighted by molar-refractivity contribution is 7.89. The van der Waals surface area contributed by atoms with E-state index in [4.69, 9.17) is 4.74 Å². The lowest BCUT2D eigenvalue weighted by atomic mass is 10.2. The Morgan fingerprint density at radius 3 is 2.38 bits per heavy atom. The summed E-state index contributed by atoms with van der Waals surface area (Å²) in [6.45, 7) is 5.69. The topological polar surface area (TPSA) is 102 Å². The van der Waals surface area contributed by atoms with E-state index in [1.165, 1.54) is 25.1 Å². The molecule has 1 amide bonds. The number of ether oxygens (including phenoxy) is 1. The molecule has 2 aromatic rings. The van der Waals surface area contributed by atoms with Crippen LogP contribution in [-0.2, 0) is 24.3 Å². The van der Waals surface area contributed by atoms with Crippen LogP contribution in [0.5, 0.6) is 0 Å². The summed E-state index contributed by atoms with van der Waals surface area (Å²) in [7, 11) is -3.92. The predicted molar refractivity (Wildman–Crippen MR) is 106 cm³/mol. The molecule has 0 saturated heterocycles. The predicted octanol–water partition coefficient (Wildman–Crippen LogP) is 2.60. The Kier molecular flexibility index (Phi) is 7.10. The Balaban J connectivity index is 1.93. The number of anilines is 1. The van der Waals surface area contributed by atoms with Gasteiger partial charge in [-0.25, -0.2) is 12.8 Å². The number of amides is 1. The molecule has 7 nitrogen and oxygen atoms in total. The summed E-state index contributed by atoms with van der Waals surface area (Å²) in [6, 6.07) is 9.12. The molecule has 0 bridgehead atoms. The van der Waals surface area contributed by atoms with E-state index in [0.717, 1.165) is 11.6 Å². The SMILES string of the molecule is Cc1ccc(C)c(S(=O)(=O)NCC(=O)O[C@H](C)C(=O)Nc2ccc(C)c(F)c2)c1. The maximum Gasteiger partial charge on any atom is 0.321 e. The summed E-state index contributed by atoms with van der Waals surface area (Å²) in [5, 5.41) is 2.43. The third-order valence-electron chi connectivity index (χ3n) is 4.16. The normalized spacial score (nSPS) is 12.3. The number of carbonyl (C=O) groups is 2. The first-order chi connectivity index (χ1) is 13.5. The zero-order valence-electron chi connectivity index (χ0n) is 16.6. The van der Waals surface area contributed by atoms with Gasteiger partial charge in [-0.15, -0.1) is 0 Å². The number of hydrogen-bond acceptors (Lipinski definition) is 5. The first kappa shape index (κ1) is 22.5. The van der Waals surface area contributed by atoms with Crippen molar-refractivity contribution in [3.05, 3.63) is 58.9 Å². The maximum absolute atomic E-state index is 13.5. The van der Waals surface area contributed by atoms with Crippen LogP contribution in [0, 0.1) is 26.6 Å². The number of aryl methyl sites for hydroxylation is 3. The molecule has 0 aliphatic carbocycles. The van der Waals surface area contributed by atoms with Gasteiger partial charge in [-0.3, -0.25) is 9.59 Å². The molecule has 0 radical (unpaired) electrons. The number of halogens is 1. The van der Waals surface area contributed by atoms with E-state index in [1.807, 2.05) is 0 Å². The van der Waals surface area contributed by atoms with Crippen molar-refractivity contribution in [3.63, 3.8) is 0 Å². The van der Waals surface area contributed by atoms with Crippen molar-refractivity contribution in [2.24, 2.45) is 0 Å². The van der Waals surface area contributed by atoms with E-state index in [9.17, 15) is 22.4 Å². The summed E-state index contributed by atoms with van der Waals surface area (Å²) in [4.78, 5) is 24.1. The monoisotopic (exact) mass is 422 g/mol. The third kappa shape index (κ3) is 6.10. The van der Waals surface area contributed by atoms with Gasteiger partial charge in [-0.05, 0) is 62.6 Å². The second-order valence-corrected chi connectivity index (χ2v) is 8.41. The van der Waals surface area contributed by atoms with Crippen LogP contribution >= 0.6 is 0 Å². The first-order valence-electron chi connectivity index (χ1n) is 8.83. The van der Waals surface area contributed by atoms with Crippen LogP contribution in [0.2, 0.25) is 0 Å². The molecule has 0 unspecified atom stereocenters. The number of esters is 1. The number of hydrogen-bond donors (Lipinski definition) is 2. The van der Waals surface area contributed by atoms with Crippen molar-refractivity contribution >= 4 is 27.6 Å². The van der Waals surface area contributed by atoms with Crippen molar-refractivity contribution in [1.82, 2.24) is 4.72 Å². The highest BCUT2D eigenvalue weighted by Crippen LogP contribution is 2.17. The molecule has 0 aliphatic heterocycles. The molecule has 156 valence electrons. The molecule has 0 fully saturated rings. The van der Waals surface area contributed by atoms with Crippen LogP contribution < -0.4 is 10.0 Å². The van der Waals surface area contributed by atoms with Crippen molar-refractivity contribution in [3.8, 4) is 0 Å². The van der Waals surface area contributed by atoms with Gasteiger partial charge < -0.3 is 10.1 Å². The maximum atomic E-state index is 13.5. The highest BCUT2D eigenvalue weighted by atomic mass is 32.2. The minimum absolute atomic E-state index is 0.0671. The van der Waals surface area contributed by atoms with Crippen molar-refractivity contribution < 1.29 is 27.1 Å². The Morgan fingerprint density at radius 1 is 1.07 bits per heavy atom. The number of benzene rings is 2. The van der Waals surface area contributed by atoms with Crippen LogP contribution in [0.25, 0.3) is 0 Å². The van der Waals surface area contributed by atoms with Gasteiger partial charge in [0, 0.05) is 5.69 Å². The lowest BCUT2D eigenvalue weighted by Crippen LogP contribution is -2.36. The quantitative estimate of drug-likeness (QED) is 0.668. The number of nitrogens with one attached hydrogen (secondary N) is 2. The highest BCUT2D eigenvalue weighted by Gasteiger charge is 2.22. The van der Waals surface area contributed by atoms with Gasteiger partial charge in [0.05, 0.1) is 4.90 Å². The summed E-state index contributed by atoms with van der Waals surface area (Å²) in [6.07, 6.45) is -1.20. The van der Waals surface area contributed by atoms with Gasteiger partial charge in [-0.1, -0.05) is 18.2 Å². The fourth-order valence-electron chi connectivity index (χ4n) is 2.44. The summed E-state index contributed by atoms with van der Waals surface area (Å²) >= 11 is 0. The standard InChI is InChI=1S/C20H23FN2O5S/c1-12-5-6-14(3)18(9-12)29(26,27)22-11-19(24)28-15(4)20(25)23-16-8-7-13(2)17(21)10-16/h5-10,15,22H,11H2,1-4H3,(H,23,25)/t15-/m1/s1. The van der Waals surface area contributed by atoms with E-state index in [2.05, 4.69) is 10.0 Å². The Bertz CT molecular complexity index is 1040. The minimum atomic E-state index is -3.92. The summed E-state index contributed by atoms with van der Waals surface area (Å²) < 4.78 is 45.5. The average Bonchev–Trinajstić information content (AvgIpc) is 2.65. The molecule has 1 atom stereocenters. The van der Waals surface area contributed by atoms with Crippen LogP contribution in [-0.4, -0.2) is 32.9 Å². The van der Waals surface area contributed by atoms with E-state index >= 15 is 0 Å². The molecular weight excluding hydrogens is 399 g/mol. The lowest BCUT2D eigenvalue weighted by Gasteiger charge is -2.14. The number of sulfonamides is 1. The molecule has 0 spiro atoms. The van der Waals surface area contributed by atoms with Gasteiger partial charge in [0.1, 0.15) is 12.4 Å². The van der Waals surface area contributed by atoms with Gasteiger partial charge >= 0.3 is 5.97 Å². The van der Waals surface area contributed by atoms with Crippen LogP contribution in [0.4, 0.5) is 10.1 Å². The molecule has 29 heavy (non-hydrogen) atoms. The van der Waals surface area contributed by atoms with Crippen LogP contribution in [0.3, 0.4) is 0 Å². The fraction of sp³-hybridized carbons (Fsp3) is 0.300. The van der Waals surface area contributed by atoms with E-state index in [0.29, 0.717) is 11.1 Å². The lowest BCUT2D eigenvalue weighted by molar-refractivity contribution is -0.151. The average molecular weight is 422 g/mol. The fourth-order valence-corrected chi connectivity index (χ4v) is 3.73. The number of carbonyl (C=O) groups excluding carboxylic acids is 2. The van der Waals surface area contributed by atoms with E-state index in [-0.39, 0.29) is 10.6 Å². The van der Waals surface area contributed by atoms with Gasteiger partial charge in [0.25, 0.3) is 5.91 Å². The largest absolute Gasteiger partial charge is 0.452 e. The molecule has 0 aromatic heterocycles. The Hall–Kier alpha value is -2.78. The molecule has 0 heterocycles. The molecule has 2 rings (SSSR count). The Labute approximate surface area is 169 Å². The molecule has 0 aliphatic rings. The van der Waals surface area contributed by atoms with Gasteiger partial charge in [0.15, 0.2) is 6.10 Å². The number of rotatable bonds is 7. The van der Waals surface area contributed by atoms with Crippen molar-refractivity contribution in [1.29, 1.82) is 0 Å². The zero-order valence-corrected chi connectivity index (χ0v) is 17.4. The molecule has 2 aromatic carbocycles. The summed E-state index contributed by atoms with van der Waals surface area (Å²) in [5.74, 6) is -2.07. The van der Waals surface area contributed by atoms with Crippen molar-refractivity contribution in [2.75, 3.05) is 11.9 Å². The van der Waals surface area contributed by atoms with Crippen LogP contribution in [0.15, 0.2) is 41.3 Å². The van der Waals surface area contributed by atoms with Gasteiger partial charge in [0.2, 0.25) is 10.0 Å². The van der Waals surface area contributed by atoms with E-state index < -0.39 is 40.4 Å². The van der Waals surface area contributed by atoms with E-state index in [1.54, 1.807) is 32.9 Å². The second kappa shape index (κ2) is 9.15. The molecule has 9 heteroatoms. The summed E-state index contributed by atoms with van der Waals surface area (Å²) in [5.41, 5.74) is 1.95. The second-order valence-electron chi connectivity index (χ2n) is 6.68. The first-order valence-corrected chi connectivity index (χ1v) is 10.3.